The van der Waals surface area contributed by atoms with Gasteiger partial charge in [0, 0.05) is 5.88 Å². The second-order valence-electron chi connectivity index (χ2n) is 4.66. The number of alkyl halides is 1. The molecule has 0 aliphatic heterocycles. The van der Waals surface area contributed by atoms with Gasteiger partial charge in [0.05, 0.1) is 13.2 Å². The lowest BCUT2D eigenvalue weighted by molar-refractivity contribution is 0.111. The molecule has 0 saturated carbocycles. The number of hydrogen-bond acceptors (Lipinski definition) is 3. The Balaban J connectivity index is 2.35. The molecule has 0 atom stereocenters. The molecule has 1 rings (SSSR count). The summed E-state index contributed by atoms with van der Waals surface area (Å²) < 4.78 is 11.1. The molecule has 0 aromatic heterocycles. The predicted octanol–water partition coefficient (Wildman–Crippen LogP) is 2.82. The van der Waals surface area contributed by atoms with Gasteiger partial charge in [0.2, 0.25) is 0 Å². The summed E-state index contributed by atoms with van der Waals surface area (Å²) in [7, 11) is 4.19. The number of hydrogen-bond donors (Lipinski definition) is 0. The van der Waals surface area contributed by atoms with Gasteiger partial charge in [-0.2, -0.15) is 0 Å². The highest BCUT2D eigenvalue weighted by atomic mass is 35.5. The molecule has 1 aromatic rings. The molecule has 0 bridgehead atoms. The molecule has 0 fully saturated rings. The molecule has 108 valence electrons. The van der Waals surface area contributed by atoms with Crippen molar-refractivity contribution >= 4 is 11.6 Å². The summed E-state index contributed by atoms with van der Waals surface area (Å²) in [6, 6.07) is 8.21. The van der Waals surface area contributed by atoms with Gasteiger partial charge in [-0.05, 0) is 45.1 Å². The van der Waals surface area contributed by atoms with Crippen LogP contribution in [0.25, 0.3) is 0 Å². The number of aryl methyl sites for hydroxylation is 1. The standard InChI is InChI=1S/C15H24ClNO2/c1-17(2)10-5-7-14-6-3-4-8-15(14)19-13-12-18-11-9-16/h3-4,6,8H,5,7,9-13H2,1-2H3. The molecule has 0 heterocycles. The van der Waals surface area contributed by atoms with E-state index in [-0.39, 0.29) is 0 Å². The summed E-state index contributed by atoms with van der Waals surface area (Å²) in [5, 5.41) is 0. The van der Waals surface area contributed by atoms with Crippen LogP contribution in [0.4, 0.5) is 0 Å². The van der Waals surface area contributed by atoms with Crippen LogP contribution in [-0.4, -0.2) is 51.2 Å². The van der Waals surface area contributed by atoms with Crippen molar-refractivity contribution in [1.29, 1.82) is 0 Å². The van der Waals surface area contributed by atoms with Crippen LogP contribution in [0.1, 0.15) is 12.0 Å². The van der Waals surface area contributed by atoms with E-state index in [0.29, 0.717) is 25.7 Å². The minimum absolute atomic E-state index is 0.529. The Labute approximate surface area is 121 Å². The zero-order valence-electron chi connectivity index (χ0n) is 11.9. The third kappa shape index (κ3) is 7.41. The van der Waals surface area contributed by atoms with Gasteiger partial charge < -0.3 is 14.4 Å². The second-order valence-corrected chi connectivity index (χ2v) is 5.04. The average molecular weight is 286 g/mol. The van der Waals surface area contributed by atoms with Gasteiger partial charge in [0.15, 0.2) is 0 Å². The van der Waals surface area contributed by atoms with Crippen molar-refractivity contribution in [3.63, 3.8) is 0 Å². The maximum Gasteiger partial charge on any atom is 0.122 e. The summed E-state index contributed by atoms with van der Waals surface area (Å²) >= 11 is 5.54. The Morgan fingerprint density at radius 3 is 2.63 bits per heavy atom. The Morgan fingerprint density at radius 2 is 1.89 bits per heavy atom. The molecule has 4 heteroatoms. The van der Waals surface area contributed by atoms with E-state index < -0.39 is 0 Å². The first-order valence-corrected chi connectivity index (χ1v) is 7.26. The number of rotatable bonds is 10. The van der Waals surface area contributed by atoms with Crippen LogP contribution in [-0.2, 0) is 11.2 Å². The van der Waals surface area contributed by atoms with Gasteiger partial charge in [-0.15, -0.1) is 11.6 Å². The van der Waals surface area contributed by atoms with Crippen molar-refractivity contribution in [1.82, 2.24) is 4.90 Å². The molecule has 0 aliphatic carbocycles. The third-order valence-electron chi connectivity index (χ3n) is 2.73. The quantitative estimate of drug-likeness (QED) is 0.487. The number of ether oxygens (including phenoxy) is 2. The lowest BCUT2D eigenvalue weighted by Gasteiger charge is -2.13. The summed E-state index contributed by atoms with van der Waals surface area (Å²) in [6.07, 6.45) is 2.17. The summed E-state index contributed by atoms with van der Waals surface area (Å²) in [4.78, 5) is 2.20. The van der Waals surface area contributed by atoms with Crippen LogP contribution in [0.15, 0.2) is 24.3 Å². The fraction of sp³-hybridized carbons (Fsp3) is 0.600. The van der Waals surface area contributed by atoms with Gasteiger partial charge in [0.1, 0.15) is 12.4 Å². The van der Waals surface area contributed by atoms with Crippen molar-refractivity contribution in [3.05, 3.63) is 29.8 Å². The largest absolute Gasteiger partial charge is 0.491 e. The van der Waals surface area contributed by atoms with Gasteiger partial charge in [-0.3, -0.25) is 0 Å². The topological polar surface area (TPSA) is 21.7 Å². The van der Waals surface area contributed by atoms with Crippen molar-refractivity contribution in [3.8, 4) is 5.75 Å². The summed E-state index contributed by atoms with van der Waals surface area (Å²) in [5.74, 6) is 1.50. The first-order valence-electron chi connectivity index (χ1n) is 6.73. The average Bonchev–Trinajstić information content (AvgIpc) is 2.40. The molecule has 1 aromatic carbocycles. The Hall–Kier alpha value is -0.770. The fourth-order valence-electron chi connectivity index (χ4n) is 1.80. The SMILES string of the molecule is CN(C)CCCc1ccccc1OCCOCCCl. The first kappa shape index (κ1) is 16.3. The molecule has 0 saturated heterocycles. The van der Waals surface area contributed by atoms with Crippen LogP contribution in [0.2, 0.25) is 0 Å². The molecule has 0 spiro atoms. The minimum atomic E-state index is 0.529. The maximum absolute atomic E-state index is 5.76. The number of halogens is 1. The molecule has 0 unspecified atom stereocenters. The van der Waals surface area contributed by atoms with E-state index in [1.54, 1.807) is 0 Å². The molecule has 0 aliphatic rings. The summed E-state index contributed by atoms with van der Waals surface area (Å²) in [6.45, 7) is 2.82. The van der Waals surface area contributed by atoms with Crippen LogP contribution >= 0.6 is 11.6 Å². The molecule has 19 heavy (non-hydrogen) atoms. The first-order chi connectivity index (χ1) is 9.24. The molecule has 3 nitrogen and oxygen atoms in total. The lowest BCUT2D eigenvalue weighted by atomic mass is 10.1. The zero-order chi connectivity index (χ0) is 13.9. The van der Waals surface area contributed by atoms with Crippen LogP contribution in [0.3, 0.4) is 0 Å². The van der Waals surface area contributed by atoms with Crippen molar-refractivity contribution in [2.24, 2.45) is 0 Å². The van der Waals surface area contributed by atoms with E-state index in [0.717, 1.165) is 25.1 Å². The highest BCUT2D eigenvalue weighted by molar-refractivity contribution is 6.17. The normalized spacial score (nSPS) is 10.9. The number of nitrogens with zero attached hydrogens (tertiary/aromatic N) is 1. The van der Waals surface area contributed by atoms with Crippen molar-refractivity contribution in [2.45, 2.75) is 12.8 Å². The highest BCUT2D eigenvalue weighted by Gasteiger charge is 2.03. The number of para-hydroxylation sites is 1. The smallest absolute Gasteiger partial charge is 0.122 e. The summed E-state index contributed by atoms with van der Waals surface area (Å²) in [5.41, 5.74) is 1.27. The second kappa shape index (κ2) is 10.1. The lowest BCUT2D eigenvalue weighted by Crippen LogP contribution is -2.14. The van der Waals surface area contributed by atoms with E-state index in [9.17, 15) is 0 Å². The van der Waals surface area contributed by atoms with E-state index in [1.807, 2.05) is 12.1 Å². The van der Waals surface area contributed by atoms with Gasteiger partial charge in [0.25, 0.3) is 0 Å². The molecule has 0 amide bonds. The minimum Gasteiger partial charge on any atom is -0.491 e. The van der Waals surface area contributed by atoms with Gasteiger partial charge in [-0.25, -0.2) is 0 Å². The zero-order valence-corrected chi connectivity index (χ0v) is 12.7. The molecular weight excluding hydrogens is 262 g/mol. The number of benzene rings is 1. The third-order valence-corrected chi connectivity index (χ3v) is 2.89. The Morgan fingerprint density at radius 1 is 1.11 bits per heavy atom. The van der Waals surface area contributed by atoms with E-state index in [4.69, 9.17) is 21.1 Å². The van der Waals surface area contributed by atoms with Crippen LogP contribution in [0, 0.1) is 0 Å². The van der Waals surface area contributed by atoms with E-state index >= 15 is 0 Å². The molecule has 0 N–H and O–H groups in total. The van der Waals surface area contributed by atoms with Gasteiger partial charge >= 0.3 is 0 Å². The van der Waals surface area contributed by atoms with E-state index in [2.05, 4.69) is 31.1 Å². The van der Waals surface area contributed by atoms with Crippen molar-refractivity contribution < 1.29 is 9.47 Å². The fourth-order valence-corrected chi connectivity index (χ4v) is 1.91. The Bertz CT molecular complexity index is 345. The van der Waals surface area contributed by atoms with E-state index in [1.165, 1.54) is 5.56 Å². The Kier molecular flexibility index (Phi) is 8.63. The highest BCUT2D eigenvalue weighted by Crippen LogP contribution is 2.19. The van der Waals surface area contributed by atoms with Crippen LogP contribution < -0.4 is 4.74 Å². The van der Waals surface area contributed by atoms with Crippen LogP contribution in [0.5, 0.6) is 5.75 Å². The molecular formula is C15H24ClNO2. The van der Waals surface area contributed by atoms with Crippen molar-refractivity contribution in [2.75, 3.05) is 46.3 Å². The predicted molar refractivity (Wildman–Crippen MR) is 80.4 cm³/mol. The van der Waals surface area contributed by atoms with Gasteiger partial charge in [-0.1, -0.05) is 18.2 Å². The molecule has 0 radical (unpaired) electrons. The monoisotopic (exact) mass is 285 g/mol. The maximum atomic E-state index is 5.76.